The fraction of sp³-hybridized carbons (Fsp3) is 0.333. The molecule has 2 nitrogen and oxygen atoms in total. The van der Waals surface area contributed by atoms with Gasteiger partial charge in [-0.05, 0) is 43.7 Å². The predicted molar refractivity (Wildman–Crippen MR) is 94.8 cm³/mol. The molecule has 0 aliphatic heterocycles. The minimum absolute atomic E-state index is 0.971. The van der Waals surface area contributed by atoms with Crippen LogP contribution < -0.4 is 0 Å². The molecular formula is C18H18N2S2. The smallest absolute Gasteiger partial charge is 0.128 e. The van der Waals surface area contributed by atoms with Crippen molar-refractivity contribution in [2.24, 2.45) is 0 Å². The van der Waals surface area contributed by atoms with Crippen LogP contribution in [0, 0.1) is 6.92 Å². The van der Waals surface area contributed by atoms with E-state index in [9.17, 15) is 0 Å². The molecule has 112 valence electrons. The highest BCUT2D eigenvalue weighted by atomic mass is 32.2. The van der Waals surface area contributed by atoms with E-state index in [0.717, 1.165) is 10.8 Å². The molecule has 1 aliphatic carbocycles. The number of thioether (sulfide) groups is 1. The molecule has 22 heavy (non-hydrogen) atoms. The second-order valence-electron chi connectivity index (χ2n) is 5.85. The summed E-state index contributed by atoms with van der Waals surface area (Å²) in [6.45, 7) is 2.15. The third kappa shape index (κ3) is 2.66. The lowest BCUT2D eigenvalue weighted by molar-refractivity contribution is 0.699. The Balaban J connectivity index is 1.68. The normalized spacial score (nSPS) is 14.2. The molecule has 2 heterocycles. The van der Waals surface area contributed by atoms with Crippen LogP contribution in [0.5, 0.6) is 0 Å². The van der Waals surface area contributed by atoms with Gasteiger partial charge in [0, 0.05) is 16.0 Å². The third-order valence-electron chi connectivity index (χ3n) is 4.17. The van der Waals surface area contributed by atoms with Gasteiger partial charge in [0.05, 0.1) is 0 Å². The molecule has 2 aromatic heterocycles. The van der Waals surface area contributed by atoms with Crippen molar-refractivity contribution in [3.8, 4) is 0 Å². The van der Waals surface area contributed by atoms with Crippen LogP contribution in [0.2, 0.25) is 0 Å². The van der Waals surface area contributed by atoms with E-state index in [1.165, 1.54) is 52.6 Å². The largest absolute Gasteiger partial charge is 0.229 e. The van der Waals surface area contributed by atoms with Gasteiger partial charge in [0.15, 0.2) is 0 Å². The van der Waals surface area contributed by atoms with E-state index < -0.39 is 0 Å². The first kappa shape index (κ1) is 14.2. The standard InChI is InChI=1S/C18H18N2S2/c1-12-5-4-6-13(9-12)10-21-17-16-14-7-2-3-8-15(14)22-18(16)20-11-19-17/h4-6,9,11H,2-3,7-8,10H2,1H3. The zero-order valence-electron chi connectivity index (χ0n) is 12.6. The zero-order valence-corrected chi connectivity index (χ0v) is 14.3. The SMILES string of the molecule is Cc1cccc(CSc2ncnc3sc4c(c23)CCCC4)c1. The van der Waals surface area contributed by atoms with E-state index in [2.05, 4.69) is 41.2 Å². The molecule has 1 aromatic carbocycles. The number of thiophene rings is 1. The number of hydrogen-bond acceptors (Lipinski definition) is 4. The summed E-state index contributed by atoms with van der Waals surface area (Å²) in [5.41, 5.74) is 4.21. The van der Waals surface area contributed by atoms with Crippen molar-refractivity contribution in [2.75, 3.05) is 0 Å². The lowest BCUT2D eigenvalue weighted by Gasteiger charge is -2.11. The van der Waals surface area contributed by atoms with Crippen molar-refractivity contribution in [2.45, 2.75) is 43.4 Å². The Morgan fingerprint density at radius 1 is 1.18 bits per heavy atom. The predicted octanol–water partition coefficient (Wildman–Crippen LogP) is 5.17. The van der Waals surface area contributed by atoms with Crippen LogP contribution in [0.15, 0.2) is 35.6 Å². The Morgan fingerprint density at radius 2 is 2.09 bits per heavy atom. The molecule has 0 saturated carbocycles. The Labute approximate surface area is 139 Å². The van der Waals surface area contributed by atoms with Crippen molar-refractivity contribution in [3.05, 3.63) is 52.2 Å². The van der Waals surface area contributed by atoms with Crippen LogP contribution in [0.25, 0.3) is 10.2 Å². The quantitative estimate of drug-likeness (QED) is 0.490. The maximum absolute atomic E-state index is 4.58. The first-order chi connectivity index (χ1) is 10.8. The number of aromatic nitrogens is 2. The van der Waals surface area contributed by atoms with Crippen molar-refractivity contribution in [1.82, 2.24) is 9.97 Å². The summed E-state index contributed by atoms with van der Waals surface area (Å²) in [6.07, 6.45) is 6.76. The second-order valence-corrected chi connectivity index (χ2v) is 7.90. The van der Waals surface area contributed by atoms with Crippen LogP contribution in [0.3, 0.4) is 0 Å². The minimum Gasteiger partial charge on any atom is -0.229 e. The van der Waals surface area contributed by atoms with Crippen LogP contribution in [-0.4, -0.2) is 9.97 Å². The zero-order chi connectivity index (χ0) is 14.9. The van der Waals surface area contributed by atoms with Crippen molar-refractivity contribution in [3.63, 3.8) is 0 Å². The van der Waals surface area contributed by atoms with Crippen molar-refractivity contribution >= 4 is 33.3 Å². The van der Waals surface area contributed by atoms with Crippen LogP contribution in [0.4, 0.5) is 0 Å². The summed E-state index contributed by atoms with van der Waals surface area (Å²) in [7, 11) is 0. The Hall–Kier alpha value is -1.39. The highest BCUT2D eigenvalue weighted by Gasteiger charge is 2.19. The topological polar surface area (TPSA) is 25.8 Å². The van der Waals surface area contributed by atoms with Gasteiger partial charge in [-0.1, -0.05) is 29.8 Å². The van der Waals surface area contributed by atoms with Gasteiger partial charge in [0.2, 0.25) is 0 Å². The number of hydrogen-bond donors (Lipinski definition) is 0. The van der Waals surface area contributed by atoms with Gasteiger partial charge in [-0.25, -0.2) is 9.97 Å². The summed E-state index contributed by atoms with van der Waals surface area (Å²) < 4.78 is 0. The molecule has 4 rings (SSSR count). The molecule has 1 aliphatic rings. The van der Waals surface area contributed by atoms with Gasteiger partial charge in [-0.2, -0.15) is 0 Å². The first-order valence-electron chi connectivity index (χ1n) is 7.75. The monoisotopic (exact) mass is 326 g/mol. The van der Waals surface area contributed by atoms with Gasteiger partial charge in [-0.15, -0.1) is 23.1 Å². The average Bonchev–Trinajstić information content (AvgIpc) is 2.92. The lowest BCUT2D eigenvalue weighted by atomic mass is 9.97. The molecule has 0 bridgehead atoms. The maximum Gasteiger partial charge on any atom is 0.128 e. The Kier molecular flexibility index (Phi) is 3.89. The van der Waals surface area contributed by atoms with E-state index in [1.54, 1.807) is 11.2 Å². The van der Waals surface area contributed by atoms with Crippen LogP contribution >= 0.6 is 23.1 Å². The lowest BCUT2D eigenvalue weighted by Crippen LogP contribution is -1.99. The van der Waals surface area contributed by atoms with Gasteiger partial charge in [-0.3, -0.25) is 0 Å². The highest BCUT2D eigenvalue weighted by molar-refractivity contribution is 7.98. The summed E-state index contributed by atoms with van der Waals surface area (Å²) >= 11 is 3.72. The number of fused-ring (bicyclic) bond motifs is 3. The minimum atomic E-state index is 0.971. The summed E-state index contributed by atoms with van der Waals surface area (Å²) in [5.74, 6) is 0.971. The molecule has 4 heteroatoms. The van der Waals surface area contributed by atoms with Gasteiger partial charge in [0.1, 0.15) is 16.2 Å². The fourth-order valence-electron chi connectivity index (χ4n) is 3.12. The molecule has 0 fully saturated rings. The molecular weight excluding hydrogens is 308 g/mol. The Bertz CT molecular complexity index is 823. The maximum atomic E-state index is 4.58. The van der Waals surface area contributed by atoms with E-state index in [-0.39, 0.29) is 0 Å². The molecule has 0 radical (unpaired) electrons. The third-order valence-corrected chi connectivity index (χ3v) is 6.44. The van der Waals surface area contributed by atoms with E-state index in [4.69, 9.17) is 0 Å². The van der Waals surface area contributed by atoms with Gasteiger partial charge in [0.25, 0.3) is 0 Å². The highest BCUT2D eigenvalue weighted by Crippen LogP contribution is 2.39. The second kappa shape index (κ2) is 6.01. The molecule has 0 atom stereocenters. The summed E-state index contributed by atoms with van der Waals surface area (Å²) in [5, 5.41) is 2.49. The number of aryl methyl sites for hydroxylation is 3. The van der Waals surface area contributed by atoms with Gasteiger partial charge < -0.3 is 0 Å². The average molecular weight is 326 g/mol. The number of nitrogens with zero attached hydrogens (tertiary/aromatic N) is 2. The first-order valence-corrected chi connectivity index (χ1v) is 9.55. The van der Waals surface area contributed by atoms with Crippen molar-refractivity contribution in [1.29, 1.82) is 0 Å². The van der Waals surface area contributed by atoms with E-state index in [0.29, 0.717) is 0 Å². The van der Waals surface area contributed by atoms with Gasteiger partial charge >= 0.3 is 0 Å². The Morgan fingerprint density at radius 3 is 3.00 bits per heavy atom. The molecule has 3 aromatic rings. The number of rotatable bonds is 3. The summed E-state index contributed by atoms with van der Waals surface area (Å²) in [4.78, 5) is 11.8. The molecule has 0 amide bonds. The summed E-state index contributed by atoms with van der Waals surface area (Å²) in [6, 6.07) is 8.73. The van der Waals surface area contributed by atoms with E-state index >= 15 is 0 Å². The molecule has 0 unspecified atom stereocenters. The van der Waals surface area contributed by atoms with E-state index in [1.807, 2.05) is 23.1 Å². The fourth-order valence-corrected chi connectivity index (χ4v) is 5.39. The number of benzene rings is 1. The van der Waals surface area contributed by atoms with Crippen LogP contribution in [0.1, 0.15) is 34.4 Å². The molecule has 0 saturated heterocycles. The molecule has 0 N–H and O–H groups in total. The molecule has 0 spiro atoms. The van der Waals surface area contributed by atoms with Crippen LogP contribution in [-0.2, 0) is 18.6 Å². The van der Waals surface area contributed by atoms with Crippen molar-refractivity contribution < 1.29 is 0 Å².